The van der Waals surface area contributed by atoms with E-state index in [0.29, 0.717) is 23.7 Å². The van der Waals surface area contributed by atoms with E-state index in [0.717, 1.165) is 16.8 Å². The van der Waals surface area contributed by atoms with Crippen molar-refractivity contribution in [2.24, 2.45) is 5.10 Å². The van der Waals surface area contributed by atoms with Gasteiger partial charge in [-0.2, -0.15) is 5.10 Å². The molecule has 2 rings (SSSR count). The van der Waals surface area contributed by atoms with Crippen molar-refractivity contribution >= 4 is 29.7 Å². The molecule has 0 aliphatic heterocycles. The summed E-state index contributed by atoms with van der Waals surface area (Å²) in [7, 11) is 1.28. The molecule has 2 aromatic rings. The third-order valence-electron chi connectivity index (χ3n) is 4.70. The number of hydrogen-bond donors (Lipinski definition) is 2. The number of ether oxygens (including phenoxy) is 3. The van der Waals surface area contributed by atoms with Crippen LogP contribution in [0.2, 0.25) is 0 Å². The molecule has 9 heteroatoms. The Kier molecular flexibility index (Phi) is 9.88. The van der Waals surface area contributed by atoms with Gasteiger partial charge in [-0.3, -0.25) is 9.59 Å². The molecule has 0 aliphatic carbocycles. The topological polar surface area (TPSA) is 115 Å². The maximum atomic E-state index is 12.1. The molecule has 2 amide bonds. The van der Waals surface area contributed by atoms with Crippen molar-refractivity contribution in [1.82, 2.24) is 5.43 Å². The average Bonchev–Trinajstić information content (AvgIpc) is 2.80. The van der Waals surface area contributed by atoms with Crippen molar-refractivity contribution in [2.75, 3.05) is 25.6 Å². The summed E-state index contributed by atoms with van der Waals surface area (Å²) >= 11 is 0. The molecule has 0 fully saturated rings. The maximum Gasteiger partial charge on any atom is 0.343 e. The molecule has 9 nitrogen and oxygen atoms in total. The highest BCUT2D eigenvalue weighted by Crippen LogP contribution is 2.28. The van der Waals surface area contributed by atoms with E-state index >= 15 is 0 Å². The van der Waals surface area contributed by atoms with Gasteiger partial charge in [-0.1, -0.05) is 12.1 Å². The van der Waals surface area contributed by atoms with Gasteiger partial charge in [-0.05, 0) is 61.7 Å². The molecule has 0 aromatic heterocycles. The second-order valence-electron chi connectivity index (χ2n) is 7.09. The van der Waals surface area contributed by atoms with E-state index in [-0.39, 0.29) is 31.3 Å². The predicted octanol–water partition coefficient (Wildman–Crippen LogP) is 3.12. The highest BCUT2D eigenvalue weighted by atomic mass is 16.6. The Morgan fingerprint density at radius 1 is 1.00 bits per heavy atom. The third kappa shape index (κ3) is 8.29. The number of anilines is 1. The number of methoxy groups -OCH3 is 1. The number of benzene rings is 2. The van der Waals surface area contributed by atoms with Crippen LogP contribution in [0.25, 0.3) is 0 Å². The first-order chi connectivity index (χ1) is 15.8. The Hall–Kier alpha value is -3.88. The Morgan fingerprint density at radius 3 is 2.48 bits per heavy atom. The van der Waals surface area contributed by atoms with E-state index in [9.17, 15) is 14.4 Å². The van der Waals surface area contributed by atoms with E-state index in [2.05, 4.69) is 20.6 Å². The lowest BCUT2D eigenvalue weighted by Gasteiger charge is -2.11. The molecule has 0 bridgehead atoms. The molecule has 33 heavy (non-hydrogen) atoms. The fraction of sp³-hybridized carbons (Fsp3) is 0.333. The van der Waals surface area contributed by atoms with Crippen molar-refractivity contribution in [3.8, 4) is 11.5 Å². The first-order valence-electron chi connectivity index (χ1n) is 10.5. The number of esters is 1. The molecule has 0 heterocycles. The van der Waals surface area contributed by atoms with Crippen molar-refractivity contribution < 1.29 is 28.6 Å². The third-order valence-corrected chi connectivity index (χ3v) is 4.70. The number of rotatable bonds is 11. The lowest BCUT2D eigenvalue weighted by atomic mass is 10.1. The summed E-state index contributed by atoms with van der Waals surface area (Å²) in [5, 5.41) is 6.74. The first kappa shape index (κ1) is 25.4. The number of carbonyl (C=O) groups excluding carboxylic acids is 3. The number of amides is 2. The highest BCUT2D eigenvalue weighted by molar-refractivity contribution is 5.94. The number of nitrogens with one attached hydrogen (secondary N) is 2. The minimum atomic E-state index is -0.506. The smallest absolute Gasteiger partial charge is 0.343 e. The fourth-order valence-electron chi connectivity index (χ4n) is 2.75. The summed E-state index contributed by atoms with van der Waals surface area (Å²) < 4.78 is 15.5. The molecule has 2 N–H and O–H groups in total. The standard InChI is InChI=1S/C24H29N3O6/c1-5-32-21-13-18(9-10-20(21)33-15-24(30)31-4)14-25-27-23(29)12-11-22(28)26-19-8-6-7-16(2)17(19)3/h6-10,13-14H,5,11-12,15H2,1-4H3,(H,26,28)(H,27,29). The molecule has 0 aliphatic rings. The quantitative estimate of drug-likeness (QED) is 0.306. The monoisotopic (exact) mass is 455 g/mol. The van der Waals surface area contributed by atoms with E-state index in [4.69, 9.17) is 9.47 Å². The number of carbonyl (C=O) groups is 3. The van der Waals surface area contributed by atoms with E-state index in [1.165, 1.54) is 13.3 Å². The van der Waals surface area contributed by atoms with Crippen LogP contribution >= 0.6 is 0 Å². The van der Waals surface area contributed by atoms with Crippen molar-refractivity contribution in [2.45, 2.75) is 33.6 Å². The van der Waals surface area contributed by atoms with Crippen LogP contribution in [-0.4, -0.2) is 44.3 Å². The SMILES string of the molecule is CCOc1cc(C=NNC(=O)CCC(=O)Nc2cccc(C)c2C)ccc1OCC(=O)OC. The molecule has 0 saturated carbocycles. The normalized spacial score (nSPS) is 10.5. The molecule has 0 atom stereocenters. The first-order valence-corrected chi connectivity index (χ1v) is 10.5. The van der Waals surface area contributed by atoms with Crippen molar-refractivity contribution in [3.05, 3.63) is 53.1 Å². The molecule has 2 aromatic carbocycles. The Morgan fingerprint density at radius 2 is 1.76 bits per heavy atom. The minimum Gasteiger partial charge on any atom is -0.490 e. The second-order valence-corrected chi connectivity index (χ2v) is 7.09. The van der Waals surface area contributed by atoms with E-state index < -0.39 is 5.97 Å². The summed E-state index contributed by atoms with van der Waals surface area (Å²) in [5.41, 5.74) is 5.86. The van der Waals surface area contributed by atoms with Gasteiger partial charge in [-0.15, -0.1) is 0 Å². The van der Waals surface area contributed by atoms with Crippen LogP contribution in [0.5, 0.6) is 11.5 Å². The largest absolute Gasteiger partial charge is 0.490 e. The Labute approximate surface area is 193 Å². The molecule has 0 radical (unpaired) electrons. The van der Waals surface area contributed by atoms with Gasteiger partial charge in [0, 0.05) is 18.5 Å². The van der Waals surface area contributed by atoms with E-state index in [1.807, 2.05) is 39.0 Å². The predicted molar refractivity (Wildman–Crippen MR) is 125 cm³/mol. The average molecular weight is 456 g/mol. The lowest BCUT2D eigenvalue weighted by Crippen LogP contribution is -2.21. The molecule has 0 saturated heterocycles. The molecular formula is C24H29N3O6. The number of hydrogen-bond acceptors (Lipinski definition) is 7. The van der Waals surface area contributed by atoms with Gasteiger partial charge in [0.2, 0.25) is 11.8 Å². The van der Waals surface area contributed by atoms with Crippen molar-refractivity contribution in [3.63, 3.8) is 0 Å². The van der Waals surface area contributed by atoms with Gasteiger partial charge >= 0.3 is 5.97 Å². The summed E-state index contributed by atoms with van der Waals surface area (Å²) in [6.45, 7) is 5.88. The zero-order chi connectivity index (χ0) is 24.2. The van der Waals surface area contributed by atoms with Crippen LogP contribution < -0.4 is 20.2 Å². The van der Waals surface area contributed by atoms with Crippen LogP contribution in [0.4, 0.5) is 5.69 Å². The zero-order valence-electron chi connectivity index (χ0n) is 19.3. The maximum absolute atomic E-state index is 12.1. The molecule has 176 valence electrons. The Balaban J connectivity index is 1.86. The van der Waals surface area contributed by atoms with Gasteiger partial charge < -0.3 is 19.5 Å². The van der Waals surface area contributed by atoms with Gasteiger partial charge in [0.05, 0.1) is 19.9 Å². The number of nitrogens with zero attached hydrogens (tertiary/aromatic N) is 1. The summed E-state index contributed by atoms with van der Waals surface area (Å²) in [6.07, 6.45) is 1.48. The van der Waals surface area contributed by atoms with Crippen molar-refractivity contribution in [1.29, 1.82) is 0 Å². The molecular weight excluding hydrogens is 426 g/mol. The van der Waals surface area contributed by atoms with Crippen LogP contribution in [0.3, 0.4) is 0 Å². The zero-order valence-corrected chi connectivity index (χ0v) is 19.3. The summed E-state index contributed by atoms with van der Waals surface area (Å²) in [5.74, 6) is -0.316. The van der Waals surface area contributed by atoms with E-state index in [1.54, 1.807) is 18.2 Å². The highest BCUT2D eigenvalue weighted by Gasteiger charge is 2.10. The van der Waals surface area contributed by atoms with Crippen LogP contribution in [0.1, 0.15) is 36.5 Å². The van der Waals surface area contributed by atoms with Gasteiger partial charge in [0.1, 0.15) is 0 Å². The number of hydrazone groups is 1. The van der Waals surface area contributed by atoms with Crippen LogP contribution in [0, 0.1) is 13.8 Å². The summed E-state index contributed by atoms with van der Waals surface area (Å²) in [4.78, 5) is 35.4. The van der Waals surface area contributed by atoms with Gasteiger partial charge in [0.15, 0.2) is 18.1 Å². The lowest BCUT2D eigenvalue weighted by molar-refractivity contribution is -0.143. The number of aryl methyl sites for hydroxylation is 1. The Bertz CT molecular complexity index is 1020. The fourth-order valence-corrected chi connectivity index (χ4v) is 2.75. The second kappa shape index (κ2) is 12.8. The minimum absolute atomic E-state index is 0.00145. The van der Waals surface area contributed by atoms with Gasteiger partial charge in [-0.25, -0.2) is 10.2 Å². The van der Waals surface area contributed by atoms with Crippen LogP contribution in [0.15, 0.2) is 41.5 Å². The molecule has 0 spiro atoms. The van der Waals surface area contributed by atoms with Crippen LogP contribution in [-0.2, 0) is 19.1 Å². The molecule has 0 unspecified atom stereocenters. The summed E-state index contributed by atoms with van der Waals surface area (Å²) in [6, 6.07) is 10.7. The van der Waals surface area contributed by atoms with Gasteiger partial charge in [0.25, 0.3) is 0 Å².